The van der Waals surface area contributed by atoms with Gasteiger partial charge in [-0.1, -0.05) is 17.3 Å². The molecule has 1 N–H and O–H groups in total. The summed E-state index contributed by atoms with van der Waals surface area (Å²) < 4.78 is 15.8. The van der Waals surface area contributed by atoms with E-state index in [2.05, 4.69) is 21.4 Å². The van der Waals surface area contributed by atoms with Crippen molar-refractivity contribution >= 4 is 11.7 Å². The molecule has 1 amide bonds. The number of nitrogens with one attached hydrogen (secondary N) is 1. The Morgan fingerprint density at radius 1 is 1.33 bits per heavy atom. The van der Waals surface area contributed by atoms with E-state index in [1.807, 2.05) is 18.2 Å². The van der Waals surface area contributed by atoms with Crippen LogP contribution < -0.4 is 10.1 Å². The summed E-state index contributed by atoms with van der Waals surface area (Å²) in [4.78, 5) is 14.2. The molecular formula is C17H21N3O4. The van der Waals surface area contributed by atoms with Crippen molar-refractivity contribution in [3.8, 4) is 5.75 Å². The molecule has 1 aromatic carbocycles. The first-order valence-corrected chi connectivity index (χ1v) is 7.94. The van der Waals surface area contributed by atoms with E-state index in [9.17, 15) is 4.79 Å². The van der Waals surface area contributed by atoms with Crippen molar-refractivity contribution < 1.29 is 18.8 Å². The number of ether oxygens (including phenoxy) is 2. The predicted octanol–water partition coefficient (Wildman–Crippen LogP) is 1.83. The van der Waals surface area contributed by atoms with Crippen LogP contribution in [0.5, 0.6) is 5.75 Å². The fourth-order valence-electron chi connectivity index (χ4n) is 2.50. The van der Waals surface area contributed by atoms with Crippen LogP contribution in [-0.2, 0) is 16.1 Å². The van der Waals surface area contributed by atoms with Gasteiger partial charge < -0.3 is 19.3 Å². The van der Waals surface area contributed by atoms with Crippen molar-refractivity contribution in [2.24, 2.45) is 0 Å². The van der Waals surface area contributed by atoms with Gasteiger partial charge in [-0.05, 0) is 24.6 Å². The number of hydrogen-bond donors (Lipinski definition) is 1. The number of hydrogen-bond acceptors (Lipinski definition) is 6. The molecule has 7 nitrogen and oxygen atoms in total. The van der Waals surface area contributed by atoms with Crippen LogP contribution in [0.15, 0.2) is 34.9 Å². The van der Waals surface area contributed by atoms with Crippen LogP contribution in [0.3, 0.4) is 0 Å². The summed E-state index contributed by atoms with van der Waals surface area (Å²) in [6, 6.07) is 9.45. The normalized spacial score (nSPS) is 15.2. The number of nitrogens with zero attached hydrogens (tertiary/aromatic N) is 2. The first-order chi connectivity index (χ1) is 11.7. The molecule has 1 aliphatic rings. The maximum absolute atomic E-state index is 11.9. The lowest BCUT2D eigenvalue weighted by Crippen LogP contribution is -2.35. The highest BCUT2D eigenvalue weighted by molar-refractivity contribution is 5.90. The highest BCUT2D eigenvalue weighted by Gasteiger charge is 2.11. The van der Waals surface area contributed by atoms with Gasteiger partial charge >= 0.3 is 0 Å². The van der Waals surface area contributed by atoms with Gasteiger partial charge in [-0.2, -0.15) is 0 Å². The van der Waals surface area contributed by atoms with Crippen molar-refractivity contribution in [2.45, 2.75) is 13.5 Å². The minimum atomic E-state index is -0.276. The van der Waals surface area contributed by atoms with Gasteiger partial charge in [-0.25, -0.2) is 0 Å². The number of carbonyl (C=O) groups is 1. The first-order valence-electron chi connectivity index (χ1n) is 7.94. The molecule has 3 rings (SSSR count). The molecule has 2 aromatic rings. The van der Waals surface area contributed by atoms with Crippen molar-refractivity contribution in [3.05, 3.63) is 41.7 Å². The number of carbonyl (C=O) groups excluding carboxylic acids is 1. The van der Waals surface area contributed by atoms with Crippen LogP contribution in [0.25, 0.3) is 0 Å². The van der Waals surface area contributed by atoms with Crippen LogP contribution in [0.4, 0.5) is 5.82 Å². The van der Waals surface area contributed by atoms with Gasteiger partial charge in [-0.15, -0.1) is 0 Å². The zero-order chi connectivity index (χ0) is 16.8. The van der Waals surface area contributed by atoms with Gasteiger partial charge in [0, 0.05) is 25.7 Å². The van der Waals surface area contributed by atoms with E-state index in [4.69, 9.17) is 14.0 Å². The quantitative estimate of drug-likeness (QED) is 0.870. The van der Waals surface area contributed by atoms with Crippen molar-refractivity contribution in [3.63, 3.8) is 0 Å². The monoisotopic (exact) mass is 331 g/mol. The summed E-state index contributed by atoms with van der Waals surface area (Å²) in [6.07, 6.45) is 0. The molecule has 128 valence electrons. The Bertz CT molecular complexity index is 680. The average Bonchev–Trinajstić information content (AvgIpc) is 2.99. The van der Waals surface area contributed by atoms with Gasteiger partial charge in [0.15, 0.2) is 12.4 Å². The van der Waals surface area contributed by atoms with Crippen LogP contribution >= 0.6 is 0 Å². The predicted molar refractivity (Wildman–Crippen MR) is 87.9 cm³/mol. The third-order valence-corrected chi connectivity index (χ3v) is 3.67. The fraction of sp³-hybridized carbons (Fsp3) is 0.412. The Hall–Kier alpha value is -2.38. The number of aryl methyl sites for hydroxylation is 1. The van der Waals surface area contributed by atoms with E-state index in [-0.39, 0.29) is 12.5 Å². The molecule has 0 bridgehead atoms. The molecule has 24 heavy (non-hydrogen) atoms. The van der Waals surface area contributed by atoms with Crippen molar-refractivity contribution in [2.75, 3.05) is 38.2 Å². The molecule has 0 aliphatic carbocycles. The molecule has 2 heterocycles. The molecule has 0 spiro atoms. The fourth-order valence-corrected chi connectivity index (χ4v) is 2.50. The van der Waals surface area contributed by atoms with Gasteiger partial charge in [0.05, 0.1) is 13.2 Å². The van der Waals surface area contributed by atoms with E-state index in [1.54, 1.807) is 13.0 Å². The molecule has 0 atom stereocenters. The Labute approximate surface area is 140 Å². The van der Waals surface area contributed by atoms with Gasteiger partial charge in [-0.3, -0.25) is 9.69 Å². The van der Waals surface area contributed by atoms with Gasteiger partial charge in [0.25, 0.3) is 5.91 Å². The number of amides is 1. The molecule has 1 fully saturated rings. The summed E-state index contributed by atoms with van der Waals surface area (Å²) >= 11 is 0. The molecule has 1 saturated heterocycles. The van der Waals surface area contributed by atoms with Gasteiger partial charge in [0.2, 0.25) is 0 Å². The zero-order valence-electron chi connectivity index (χ0n) is 13.7. The van der Waals surface area contributed by atoms with Crippen LogP contribution in [0.2, 0.25) is 0 Å². The van der Waals surface area contributed by atoms with Crippen molar-refractivity contribution in [1.82, 2.24) is 10.1 Å². The zero-order valence-corrected chi connectivity index (χ0v) is 13.7. The van der Waals surface area contributed by atoms with Crippen LogP contribution in [0, 0.1) is 6.92 Å². The standard InChI is InChI=1S/C17H21N3O4/c1-13-9-16(19-24-13)18-17(21)12-23-15-4-2-3-14(10-15)11-20-5-7-22-8-6-20/h2-4,9-10H,5-8,11-12H2,1H3,(H,18,19,21). The van der Waals surface area contributed by atoms with E-state index < -0.39 is 0 Å². The number of rotatable bonds is 6. The third kappa shape index (κ3) is 4.81. The smallest absolute Gasteiger partial charge is 0.263 e. The second-order valence-corrected chi connectivity index (χ2v) is 5.70. The Morgan fingerprint density at radius 3 is 2.92 bits per heavy atom. The van der Waals surface area contributed by atoms with Crippen molar-refractivity contribution in [1.29, 1.82) is 0 Å². The average molecular weight is 331 g/mol. The lowest BCUT2D eigenvalue weighted by molar-refractivity contribution is -0.118. The summed E-state index contributed by atoms with van der Waals surface area (Å²) in [6.45, 7) is 5.96. The van der Waals surface area contributed by atoms with E-state index in [1.165, 1.54) is 0 Å². The van der Waals surface area contributed by atoms with E-state index in [0.717, 1.165) is 38.4 Å². The number of anilines is 1. The molecule has 7 heteroatoms. The second-order valence-electron chi connectivity index (χ2n) is 5.70. The minimum absolute atomic E-state index is 0.0765. The highest BCUT2D eigenvalue weighted by atomic mass is 16.5. The molecule has 0 unspecified atom stereocenters. The summed E-state index contributed by atoms with van der Waals surface area (Å²) in [5, 5.41) is 6.33. The number of benzene rings is 1. The Morgan fingerprint density at radius 2 is 2.17 bits per heavy atom. The summed E-state index contributed by atoms with van der Waals surface area (Å²) in [5.74, 6) is 1.43. The first kappa shape index (κ1) is 16.5. The molecule has 1 aromatic heterocycles. The van der Waals surface area contributed by atoms with Crippen LogP contribution in [-0.4, -0.2) is 48.9 Å². The summed E-state index contributed by atoms with van der Waals surface area (Å²) in [5.41, 5.74) is 1.15. The number of aromatic nitrogens is 1. The molecular weight excluding hydrogens is 310 g/mol. The Balaban J connectivity index is 1.49. The largest absolute Gasteiger partial charge is 0.484 e. The minimum Gasteiger partial charge on any atom is -0.484 e. The lowest BCUT2D eigenvalue weighted by atomic mass is 10.2. The van der Waals surface area contributed by atoms with E-state index >= 15 is 0 Å². The second kappa shape index (κ2) is 7.94. The topological polar surface area (TPSA) is 76.8 Å². The molecule has 0 saturated carbocycles. The maximum atomic E-state index is 11.9. The SMILES string of the molecule is Cc1cc(NC(=O)COc2cccc(CN3CCOCC3)c2)no1. The molecule has 0 radical (unpaired) electrons. The van der Waals surface area contributed by atoms with E-state index in [0.29, 0.717) is 17.3 Å². The maximum Gasteiger partial charge on any atom is 0.263 e. The molecule has 1 aliphatic heterocycles. The third-order valence-electron chi connectivity index (χ3n) is 3.67. The van der Waals surface area contributed by atoms with Gasteiger partial charge in [0.1, 0.15) is 11.5 Å². The summed E-state index contributed by atoms with van der Waals surface area (Å²) in [7, 11) is 0. The lowest BCUT2D eigenvalue weighted by Gasteiger charge is -2.26. The Kier molecular flexibility index (Phi) is 5.45. The number of morpholine rings is 1. The van der Waals surface area contributed by atoms with Crippen LogP contribution in [0.1, 0.15) is 11.3 Å². The highest BCUT2D eigenvalue weighted by Crippen LogP contribution is 2.16.